The Morgan fingerprint density at radius 1 is 1.21 bits per heavy atom. The molecule has 0 amide bonds. The van der Waals surface area contributed by atoms with E-state index in [0.29, 0.717) is 12.2 Å². The molecule has 1 aromatic carbocycles. The van der Waals surface area contributed by atoms with Gasteiger partial charge in [0.25, 0.3) is 0 Å². The maximum atomic E-state index is 6.44. The quantitative estimate of drug-likeness (QED) is 0.244. The highest BCUT2D eigenvalue weighted by Crippen LogP contribution is 2.26. The molecular formula is C27H35N7. The number of rotatable bonds is 10. The molecule has 1 saturated heterocycles. The molecule has 3 aromatic rings. The van der Waals surface area contributed by atoms with Crippen molar-refractivity contribution in [2.24, 2.45) is 11.6 Å². The SMILES string of the molecule is C=C/C(=C\N(C)CCN1CCCC1)c1cnc2[nH]cc(/C(N)=C/N(N)Cc3ccccc3)c2c1. The molecule has 7 nitrogen and oxygen atoms in total. The molecule has 5 N–H and O–H groups in total. The molecule has 0 bridgehead atoms. The van der Waals surface area contributed by atoms with Gasteiger partial charge in [-0.3, -0.25) is 0 Å². The topological polar surface area (TPSA) is 90.4 Å². The smallest absolute Gasteiger partial charge is 0.137 e. The van der Waals surface area contributed by atoms with Gasteiger partial charge in [0.05, 0.1) is 12.2 Å². The van der Waals surface area contributed by atoms with Crippen molar-refractivity contribution >= 4 is 22.3 Å². The largest absolute Gasteiger partial charge is 0.397 e. The molecule has 1 fully saturated rings. The Hall–Kier alpha value is -3.55. The van der Waals surface area contributed by atoms with Gasteiger partial charge in [-0.1, -0.05) is 43.0 Å². The summed E-state index contributed by atoms with van der Waals surface area (Å²) >= 11 is 0. The van der Waals surface area contributed by atoms with Crippen LogP contribution in [0.3, 0.4) is 0 Å². The van der Waals surface area contributed by atoms with Crippen LogP contribution in [0.4, 0.5) is 0 Å². The maximum Gasteiger partial charge on any atom is 0.137 e. The molecule has 1 aliphatic heterocycles. The number of aromatic amines is 1. The average Bonchev–Trinajstić information content (AvgIpc) is 3.51. The second kappa shape index (κ2) is 11.0. The van der Waals surface area contributed by atoms with Crippen molar-refractivity contribution < 1.29 is 0 Å². The van der Waals surface area contributed by atoms with E-state index < -0.39 is 0 Å². The van der Waals surface area contributed by atoms with Gasteiger partial charge in [0, 0.05) is 61.4 Å². The van der Waals surface area contributed by atoms with Crippen molar-refractivity contribution in [3.05, 3.63) is 90.5 Å². The van der Waals surface area contributed by atoms with Crippen LogP contribution in [-0.2, 0) is 6.54 Å². The number of nitrogens with zero attached hydrogens (tertiary/aromatic N) is 4. The maximum absolute atomic E-state index is 6.44. The molecule has 0 unspecified atom stereocenters. The van der Waals surface area contributed by atoms with Gasteiger partial charge in [0.1, 0.15) is 5.65 Å². The van der Waals surface area contributed by atoms with Crippen LogP contribution in [0.2, 0.25) is 0 Å². The third kappa shape index (κ3) is 5.87. The molecule has 0 saturated carbocycles. The second-order valence-corrected chi connectivity index (χ2v) is 8.88. The number of allylic oxidation sites excluding steroid dienone is 2. The molecule has 34 heavy (non-hydrogen) atoms. The van der Waals surface area contributed by atoms with Crippen molar-refractivity contribution in [3.8, 4) is 0 Å². The van der Waals surface area contributed by atoms with E-state index in [1.807, 2.05) is 48.8 Å². The number of nitrogens with two attached hydrogens (primary N) is 2. The number of hydrogen-bond acceptors (Lipinski definition) is 6. The van der Waals surface area contributed by atoms with Crippen LogP contribution >= 0.6 is 0 Å². The summed E-state index contributed by atoms with van der Waals surface area (Å²) in [5, 5.41) is 2.55. The zero-order valence-corrected chi connectivity index (χ0v) is 20.0. The Kier molecular flexibility index (Phi) is 7.67. The molecule has 0 spiro atoms. The van der Waals surface area contributed by atoms with Crippen LogP contribution in [0.5, 0.6) is 0 Å². The molecule has 2 aromatic heterocycles. The summed E-state index contributed by atoms with van der Waals surface area (Å²) in [6, 6.07) is 12.2. The lowest BCUT2D eigenvalue weighted by molar-refractivity contribution is 0.297. The lowest BCUT2D eigenvalue weighted by Gasteiger charge is -2.21. The van der Waals surface area contributed by atoms with E-state index in [0.717, 1.165) is 46.4 Å². The van der Waals surface area contributed by atoms with E-state index in [2.05, 4.69) is 45.7 Å². The fourth-order valence-corrected chi connectivity index (χ4v) is 4.34. The minimum atomic E-state index is 0.570. The molecule has 178 valence electrons. The van der Waals surface area contributed by atoms with Crippen molar-refractivity contribution in [2.45, 2.75) is 19.4 Å². The number of fused-ring (bicyclic) bond motifs is 1. The summed E-state index contributed by atoms with van der Waals surface area (Å²) in [5.41, 5.74) is 11.8. The van der Waals surface area contributed by atoms with Crippen LogP contribution < -0.4 is 11.6 Å². The van der Waals surface area contributed by atoms with Gasteiger partial charge in [0.15, 0.2) is 0 Å². The van der Waals surface area contributed by atoms with Gasteiger partial charge in [-0.25, -0.2) is 10.8 Å². The van der Waals surface area contributed by atoms with Crippen LogP contribution in [0.15, 0.2) is 73.8 Å². The molecule has 3 heterocycles. The summed E-state index contributed by atoms with van der Waals surface area (Å²) in [4.78, 5) is 12.6. The van der Waals surface area contributed by atoms with E-state index in [9.17, 15) is 0 Å². The predicted molar refractivity (Wildman–Crippen MR) is 141 cm³/mol. The number of nitrogens with one attached hydrogen (secondary N) is 1. The zero-order valence-electron chi connectivity index (χ0n) is 20.0. The summed E-state index contributed by atoms with van der Waals surface area (Å²) in [5.74, 6) is 6.20. The standard InChI is InChI=1S/C27H35N7/c1-3-22(19-32(2)13-14-33-11-7-8-12-33)23-15-24-25(17-31-27(24)30-16-23)26(28)20-34(29)18-21-9-5-4-6-10-21/h3-6,9-10,15-17,19-20H,1,7-8,11-14,18,28-29H2,2H3,(H,30,31)/b22-19+,26-20-. The first-order valence-corrected chi connectivity index (χ1v) is 11.8. The Balaban J connectivity index is 1.51. The molecule has 4 rings (SSSR count). The van der Waals surface area contributed by atoms with Crippen molar-refractivity contribution in [3.63, 3.8) is 0 Å². The first-order chi connectivity index (χ1) is 16.5. The minimum Gasteiger partial charge on any atom is -0.397 e. The second-order valence-electron chi connectivity index (χ2n) is 8.88. The van der Waals surface area contributed by atoms with E-state index in [-0.39, 0.29) is 0 Å². The number of benzene rings is 1. The first-order valence-electron chi connectivity index (χ1n) is 11.8. The fourth-order valence-electron chi connectivity index (χ4n) is 4.34. The Bertz CT molecular complexity index is 1160. The van der Waals surface area contributed by atoms with Gasteiger partial charge >= 0.3 is 0 Å². The lowest BCUT2D eigenvalue weighted by Crippen LogP contribution is -2.29. The normalized spacial score (nSPS) is 15.1. The van der Waals surface area contributed by atoms with E-state index in [1.165, 1.54) is 25.9 Å². The molecule has 0 radical (unpaired) electrons. The van der Waals surface area contributed by atoms with Crippen LogP contribution in [0.25, 0.3) is 22.3 Å². The highest BCUT2D eigenvalue weighted by molar-refractivity contribution is 5.92. The summed E-state index contributed by atoms with van der Waals surface area (Å²) < 4.78 is 0. The third-order valence-corrected chi connectivity index (χ3v) is 6.24. The molecule has 0 atom stereocenters. The number of likely N-dealkylation sites (tertiary alicyclic amines) is 1. The monoisotopic (exact) mass is 457 g/mol. The minimum absolute atomic E-state index is 0.570. The van der Waals surface area contributed by atoms with Gasteiger partial charge in [0.2, 0.25) is 0 Å². The molecular weight excluding hydrogens is 422 g/mol. The Morgan fingerprint density at radius 3 is 2.71 bits per heavy atom. The number of pyridine rings is 1. The number of H-pyrrole nitrogens is 1. The highest BCUT2D eigenvalue weighted by Gasteiger charge is 2.13. The summed E-state index contributed by atoms with van der Waals surface area (Å²) in [7, 11) is 2.11. The number of aromatic nitrogens is 2. The predicted octanol–water partition coefficient (Wildman–Crippen LogP) is 3.75. The summed E-state index contributed by atoms with van der Waals surface area (Å²) in [6.45, 7) is 9.08. The van der Waals surface area contributed by atoms with Gasteiger partial charge in [-0.2, -0.15) is 0 Å². The average molecular weight is 458 g/mol. The van der Waals surface area contributed by atoms with E-state index in [1.54, 1.807) is 11.2 Å². The van der Waals surface area contributed by atoms with Crippen LogP contribution in [0, 0.1) is 0 Å². The molecule has 0 aliphatic carbocycles. The van der Waals surface area contributed by atoms with Crippen LogP contribution in [-0.4, -0.2) is 58.0 Å². The number of likely N-dealkylation sites (N-methyl/N-ethyl adjacent to an activating group) is 1. The lowest BCUT2D eigenvalue weighted by atomic mass is 10.1. The van der Waals surface area contributed by atoms with Gasteiger partial charge < -0.3 is 25.5 Å². The van der Waals surface area contributed by atoms with Gasteiger partial charge in [-0.15, -0.1) is 0 Å². The number of hydrazine groups is 1. The molecule has 1 aliphatic rings. The Labute approximate surface area is 202 Å². The number of hydrogen-bond donors (Lipinski definition) is 3. The fraction of sp³-hybridized carbons (Fsp3) is 0.296. The van der Waals surface area contributed by atoms with Crippen molar-refractivity contribution in [1.29, 1.82) is 0 Å². The summed E-state index contributed by atoms with van der Waals surface area (Å²) in [6.07, 6.45) is 12.2. The van der Waals surface area contributed by atoms with Crippen molar-refractivity contribution in [1.82, 2.24) is 24.8 Å². The van der Waals surface area contributed by atoms with Gasteiger partial charge in [-0.05, 0) is 43.1 Å². The van der Waals surface area contributed by atoms with Crippen LogP contribution in [0.1, 0.15) is 29.5 Å². The van der Waals surface area contributed by atoms with E-state index >= 15 is 0 Å². The first kappa shape index (κ1) is 23.6. The van der Waals surface area contributed by atoms with Crippen molar-refractivity contribution in [2.75, 3.05) is 33.2 Å². The Morgan fingerprint density at radius 2 is 1.97 bits per heavy atom. The van der Waals surface area contributed by atoms with E-state index in [4.69, 9.17) is 11.6 Å². The third-order valence-electron chi connectivity index (χ3n) is 6.24. The molecule has 7 heteroatoms. The zero-order chi connectivity index (χ0) is 23.9. The highest BCUT2D eigenvalue weighted by atomic mass is 15.4.